The minimum absolute atomic E-state index is 0.154. The van der Waals surface area contributed by atoms with Gasteiger partial charge in [-0.2, -0.15) is 5.01 Å². The molecule has 0 aliphatic carbocycles. The Morgan fingerprint density at radius 2 is 1.53 bits per heavy atom. The van der Waals surface area contributed by atoms with Gasteiger partial charge in [0.25, 0.3) is 15.9 Å². The normalized spacial score (nSPS) is 17.3. The fourth-order valence-corrected chi connectivity index (χ4v) is 7.13. The largest absolute Gasteiger partial charge is 0.268 e. The number of rotatable bonds is 3. The molecular formula is C31H29N3O3S. The monoisotopic (exact) mass is 523 g/mol. The van der Waals surface area contributed by atoms with Gasteiger partial charge in [-0.1, -0.05) is 72.3 Å². The summed E-state index contributed by atoms with van der Waals surface area (Å²) >= 11 is 0. The van der Waals surface area contributed by atoms with Crippen molar-refractivity contribution >= 4 is 21.6 Å². The maximum Gasteiger partial charge on any atom is 0.268 e. The molecule has 4 aromatic carbocycles. The molecule has 4 aromatic rings. The first-order chi connectivity index (χ1) is 18.4. The Kier molecular flexibility index (Phi) is 6.05. The predicted molar refractivity (Wildman–Crippen MR) is 148 cm³/mol. The van der Waals surface area contributed by atoms with Crippen LogP contribution in [0, 0.1) is 13.8 Å². The second-order valence-electron chi connectivity index (χ2n) is 9.90. The zero-order chi connectivity index (χ0) is 26.4. The Bertz CT molecular complexity index is 1620. The lowest BCUT2D eigenvalue weighted by Crippen LogP contribution is -2.54. The smallest absolute Gasteiger partial charge is 0.268 e. The number of nitrogens with zero attached hydrogens (tertiary/aromatic N) is 3. The van der Waals surface area contributed by atoms with E-state index < -0.39 is 16.2 Å². The van der Waals surface area contributed by atoms with E-state index in [0.29, 0.717) is 24.2 Å². The van der Waals surface area contributed by atoms with Crippen LogP contribution in [0.2, 0.25) is 0 Å². The summed E-state index contributed by atoms with van der Waals surface area (Å²) in [7, 11) is -4.01. The van der Waals surface area contributed by atoms with Crippen molar-refractivity contribution in [2.24, 2.45) is 0 Å². The van der Waals surface area contributed by atoms with E-state index in [9.17, 15) is 13.2 Å². The predicted octanol–water partition coefficient (Wildman–Crippen LogP) is 5.63. The molecule has 6 rings (SSSR count). The van der Waals surface area contributed by atoms with Gasteiger partial charge in [-0.25, -0.2) is 12.7 Å². The molecule has 1 unspecified atom stereocenters. The Morgan fingerprint density at radius 1 is 0.816 bits per heavy atom. The summed E-state index contributed by atoms with van der Waals surface area (Å²) in [5, 5.41) is 3.69. The number of carbonyl (C=O) groups excluding carboxylic acids is 1. The molecule has 1 atom stereocenters. The zero-order valence-corrected chi connectivity index (χ0v) is 22.2. The van der Waals surface area contributed by atoms with E-state index in [2.05, 4.69) is 6.07 Å². The number of fused-ring (bicyclic) bond motifs is 4. The molecule has 0 saturated heterocycles. The lowest BCUT2D eigenvalue weighted by Gasteiger charge is -2.45. The summed E-state index contributed by atoms with van der Waals surface area (Å²) in [5.74, 6) is -0.154. The van der Waals surface area contributed by atoms with Crippen LogP contribution in [0.1, 0.15) is 44.3 Å². The molecule has 2 aliphatic heterocycles. The first-order valence-corrected chi connectivity index (χ1v) is 14.2. The van der Waals surface area contributed by atoms with Gasteiger partial charge in [-0.3, -0.25) is 9.80 Å². The van der Waals surface area contributed by atoms with Gasteiger partial charge in [-0.05, 0) is 67.3 Å². The fraction of sp³-hybridized carbons (Fsp3) is 0.194. The molecule has 0 fully saturated rings. The maximum atomic E-state index is 14.5. The standard InChI is InChI=1S/C31H29N3O3S/c1-22-15-17-26(18-16-22)38(36,37)34-29-14-8-9-23(2)28(29)21-33(31(35)25-11-4-3-5-12-25)32-20-19-24-10-6-7-13-27(24)30(32)34/h3-18,30H,19-21H2,1-2H3. The second-order valence-corrected chi connectivity index (χ2v) is 11.7. The van der Waals surface area contributed by atoms with Gasteiger partial charge < -0.3 is 0 Å². The topological polar surface area (TPSA) is 60.9 Å². The van der Waals surface area contributed by atoms with E-state index in [4.69, 9.17) is 0 Å². The van der Waals surface area contributed by atoms with E-state index in [1.165, 1.54) is 4.31 Å². The van der Waals surface area contributed by atoms with Crippen molar-refractivity contribution in [3.63, 3.8) is 0 Å². The van der Waals surface area contributed by atoms with Crippen LogP contribution in [0.4, 0.5) is 5.69 Å². The molecular weight excluding hydrogens is 494 g/mol. The Morgan fingerprint density at radius 3 is 2.29 bits per heavy atom. The average Bonchev–Trinajstić information content (AvgIpc) is 3.09. The highest BCUT2D eigenvalue weighted by Crippen LogP contribution is 2.45. The SMILES string of the molecule is Cc1ccc(S(=O)(=O)N2c3cccc(C)c3CN(C(=O)c3ccccc3)N3CCc4ccccc4C32)cc1. The number of hydrogen-bond acceptors (Lipinski definition) is 4. The number of hydrazine groups is 1. The van der Waals surface area contributed by atoms with Gasteiger partial charge in [0.15, 0.2) is 0 Å². The Hall–Kier alpha value is -3.94. The summed E-state index contributed by atoms with van der Waals surface area (Å²) in [4.78, 5) is 14.2. The number of hydrogen-bond donors (Lipinski definition) is 0. The minimum atomic E-state index is -4.01. The summed E-state index contributed by atoms with van der Waals surface area (Å²) in [6, 6.07) is 29.8. The van der Waals surface area contributed by atoms with Crippen LogP contribution < -0.4 is 4.31 Å². The summed E-state index contributed by atoms with van der Waals surface area (Å²) in [5.41, 5.74) is 5.87. The summed E-state index contributed by atoms with van der Waals surface area (Å²) in [6.07, 6.45) is -0.0131. The minimum Gasteiger partial charge on any atom is -0.268 e. The number of aryl methyl sites for hydroxylation is 2. The number of carbonyl (C=O) groups is 1. The molecule has 2 heterocycles. The highest BCUT2D eigenvalue weighted by atomic mass is 32.2. The van der Waals surface area contributed by atoms with Crippen LogP contribution >= 0.6 is 0 Å². The molecule has 1 amide bonds. The van der Waals surface area contributed by atoms with Gasteiger partial charge in [0.1, 0.15) is 6.17 Å². The number of anilines is 1. The van der Waals surface area contributed by atoms with E-state index >= 15 is 0 Å². The first kappa shape index (κ1) is 24.4. The summed E-state index contributed by atoms with van der Waals surface area (Å²) < 4.78 is 30.6. The van der Waals surface area contributed by atoms with E-state index in [0.717, 1.165) is 27.8 Å². The van der Waals surface area contributed by atoms with E-state index in [1.807, 2.05) is 85.6 Å². The van der Waals surface area contributed by atoms with Gasteiger partial charge in [-0.15, -0.1) is 0 Å². The molecule has 0 spiro atoms. The van der Waals surface area contributed by atoms with Crippen molar-refractivity contribution in [3.8, 4) is 0 Å². The maximum absolute atomic E-state index is 14.5. The third-order valence-corrected chi connectivity index (χ3v) is 9.30. The Labute approximate surface area is 223 Å². The highest BCUT2D eigenvalue weighted by Gasteiger charge is 2.46. The van der Waals surface area contributed by atoms with Crippen LogP contribution in [0.25, 0.3) is 0 Å². The van der Waals surface area contributed by atoms with Crippen LogP contribution in [-0.2, 0) is 23.0 Å². The number of amides is 1. The molecule has 6 nitrogen and oxygen atoms in total. The van der Waals surface area contributed by atoms with Crippen LogP contribution in [0.5, 0.6) is 0 Å². The lowest BCUT2D eigenvalue weighted by molar-refractivity contribution is -0.0435. The van der Waals surface area contributed by atoms with Crippen molar-refractivity contribution in [2.75, 3.05) is 10.8 Å². The highest BCUT2D eigenvalue weighted by molar-refractivity contribution is 7.92. The summed E-state index contributed by atoms with van der Waals surface area (Å²) in [6.45, 7) is 4.69. The van der Waals surface area contributed by atoms with Crippen molar-refractivity contribution < 1.29 is 13.2 Å². The van der Waals surface area contributed by atoms with Crippen molar-refractivity contribution in [3.05, 3.63) is 130 Å². The molecule has 38 heavy (non-hydrogen) atoms. The fourth-order valence-electron chi connectivity index (χ4n) is 5.51. The molecule has 192 valence electrons. The molecule has 0 N–H and O–H groups in total. The van der Waals surface area contributed by atoms with Crippen LogP contribution in [0.3, 0.4) is 0 Å². The first-order valence-electron chi connectivity index (χ1n) is 12.8. The lowest BCUT2D eigenvalue weighted by atomic mass is 9.97. The molecule has 0 aromatic heterocycles. The van der Waals surface area contributed by atoms with Crippen LogP contribution in [0.15, 0.2) is 102 Å². The van der Waals surface area contributed by atoms with Gasteiger partial charge in [0.2, 0.25) is 0 Å². The van der Waals surface area contributed by atoms with Gasteiger partial charge in [0, 0.05) is 17.7 Å². The number of sulfonamides is 1. The average molecular weight is 524 g/mol. The quantitative estimate of drug-likeness (QED) is 0.349. The zero-order valence-electron chi connectivity index (χ0n) is 21.4. The van der Waals surface area contributed by atoms with Gasteiger partial charge in [0.05, 0.1) is 17.1 Å². The Balaban J connectivity index is 1.62. The second kappa shape index (κ2) is 9.42. The molecule has 0 bridgehead atoms. The molecule has 0 radical (unpaired) electrons. The van der Waals surface area contributed by atoms with Gasteiger partial charge >= 0.3 is 0 Å². The van der Waals surface area contributed by atoms with Crippen LogP contribution in [-0.4, -0.2) is 30.9 Å². The van der Waals surface area contributed by atoms with Crippen molar-refractivity contribution in [2.45, 2.75) is 37.9 Å². The third-order valence-electron chi connectivity index (χ3n) is 7.52. The molecule has 0 saturated carbocycles. The van der Waals surface area contributed by atoms with Crippen molar-refractivity contribution in [1.82, 2.24) is 10.0 Å². The molecule has 2 aliphatic rings. The molecule has 7 heteroatoms. The third kappa shape index (κ3) is 3.99. The number of benzene rings is 4. The van der Waals surface area contributed by atoms with Crippen molar-refractivity contribution in [1.29, 1.82) is 0 Å². The van der Waals surface area contributed by atoms with E-state index in [-0.39, 0.29) is 17.3 Å². The van der Waals surface area contributed by atoms with E-state index in [1.54, 1.807) is 29.3 Å².